The van der Waals surface area contributed by atoms with E-state index in [1.807, 2.05) is 59.5 Å². The number of amides is 1. The van der Waals surface area contributed by atoms with Crippen molar-refractivity contribution in [2.75, 3.05) is 44.6 Å². The molecule has 5 nitrogen and oxygen atoms in total. The third-order valence-electron chi connectivity index (χ3n) is 4.67. The van der Waals surface area contributed by atoms with Gasteiger partial charge in [-0.3, -0.25) is 4.79 Å². The highest BCUT2D eigenvalue weighted by Gasteiger charge is 2.19. The molecule has 138 valence electrons. The average molecular weight is 353 g/mol. The fourth-order valence-electron chi connectivity index (χ4n) is 3.05. The van der Waals surface area contributed by atoms with Crippen LogP contribution in [0.4, 0.5) is 5.69 Å². The molecule has 0 radical (unpaired) electrons. The molecule has 0 bridgehead atoms. The van der Waals surface area contributed by atoms with Crippen LogP contribution in [0, 0.1) is 0 Å². The third-order valence-corrected chi connectivity index (χ3v) is 4.67. The highest BCUT2D eigenvalue weighted by atomic mass is 16.5. The Morgan fingerprint density at radius 1 is 0.962 bits per heavy atom. The monoisotopic (exact) mass is 353 g/mol. The lowest BCUT2D eigenvalue weighted by Gasteiger charge is -2.34. The largest absolute Gasteiger partial charge is 0.457 e. The van der Waals surface area contributed by atoms with E-state index in [-0.39, 0.29) is 5.91 Å². The molecule has 5 heteroatoms. The van der Waals surface area contributed by atoms with Crippen LogP contribution in [0.25, 0.3) is 0 Å². The number of benzene rings is 2. The predicted molar refractivity (Wildman–Crippen MR) is 105 cm³/mol. The quantitative estimate of drug-likeness (QED) is 0.828. The molecule has 0 saturated carbocycles. The first-order valence-electron chi connectivity index (χ1n) is 9.31. The summed E-state index contributed by atoms with van der Waals surface area (Å²) in [5.74, 6) is 1.85. The van der Waals surface area contributed by atoms with Gasteiger partial charge in [-0.25, -0.2) is 0 Å². The van der Waals surface area contributed by atoms with E-state index in [1.54, 1.807) is 0 Å². The van der Waals surface area contributed by atoms with Gasteiger partial charge in [0.05, 0.1) is 0 Å². The number of hydrogen-bond donors (Lipinski definition) is 1. The molecular formula is C21H27N3O2. The van der Waals surface area contributed by atoms with Crippen LogP contribution in [0.5, 0.6) is 11.5 Å². The highest BCUT2D eigenvalue weighted by Crippen LogP contribution is 2.22. The minimum atomic E-state index is 0.234. The first-order valence-corrected chi connectivity index (χ1v) is 9.31. The standard InChI is InChI=1S/C21H27N3O2/c1-2-23-14-16-24(17-15-23)21(25)12-13-22-18-8-10-20(11-9-18)26-19-6-4-3-5-7-19/h3-11,22H,2,12-17H2,1H3. The molecule has 0 aromatic heterocycles. The smallest absolute Gasteiger partial charge is 0.224 e. The van der Waals surface area contributed by atoms with Crippen molar-refractivity contribution in [1.29, 1.82) is 0 Å². The number of ether oxygens (including phenoxy) is 1. The van der Waals surface area contributed by atoms with Gasteiger partial charge in [-0.15, -0.1) is 0 Å². The summed E-state index contributed by atoms with van der Waals surface area (Å²) in [6.07, 6.45) is 0.522. The third kappa shape index (κ3) is 5.23. The van der Waals surface area contributed by atoms with Crippen LogP contribution in [0.1, 0.15) is 13.3 Å². The van der Waals surface area contributed by atoms with E-state index < -0.39 is 0 Å². The van der Waals surface area contributed by atoms with Gasteiger partial charge in [0.2, 0.25) is 5.91 Å². The van der Waals surface area contributed by atoms with Gasteiger partial charge in [-0.2, -0.15) is 0 Å². The molecule has 1 heterocycles. The van der Waals surface area contributed by atoms with Gasteiger partial charge in [0.1, 0.15) is 11.5 Å². The lowest BCUT2D eigenvalue weighted by Crippen LogP contribution is -2.48. The molecule has 1 fully saturated rings. The van der Waals surface area contributed by atoms with Crippen molar-refractivity contribution in [1.82, 2.24) is 9.80 Å². The summed E-state index contributed by atoms with van der Waals surface area (Å²) in [5.41, 5.74) is 0.994. The number of para-hydroxylation sites is 1. The molecule has 1 saturated heterocycles. The summed E-state index contributed by atoms with van der Waals surface area (Å²) in [6.45, 7) is 7.53. The minimum absolute atomic E-state index is 0.234. The second kappa shape index (κ2) is 9.25. The van der Waals surface area contributed by atoms with Crippen molar-refractivity contribution in [2.45, 2.75) is 13.3 Å². The molecule has 26 heavy (non-hydrogen) atoms. The maximum Gasteiger partial charge on any atom is 0.224 e. The second-order valence-electron chi connectivity index (χ2n) is 6.43. The number of carbonyl (C=O) groups is 1. The van der Waals surface area contributed by atoms with Crippen LogP contribution in [0.3, 0.4) is 0 Å². The van der Waals surface area contributed by atoms with Crippen molar-refractivity contribution in [3.63, 3.8) is 0 Å². The van der Waals surface area contributed by atoms with E-state index in [2.05, 4.69) is 17.1 Å². The van der Waals surface area contributed by atoms with Gasteiger partial charge in [0.15, 0.2) is 0 Å². The van der Waals surface area contributed by atoms with Crippen molar-refractivity contribution in [3.8, 4) is 11.5 Å². The number of anilines is 1. The maximum absolute atomic E-state index is 12.3. The van der Waals surface area contributed by atoms with Gasteiger partial charge in [-0.05, 0) is 42.9 Å². The van der Waals surface area contributed by atoms with Crippen molar-refractivity contribution in [2.24, 2.45) is 0 Å². The summed E-state index contributed by atoms with van der Waals surface area (Å²) in [5, 5.41) is 3.31. The Morgan fingerprint density at radius 2 is 1.62 bits per heavy atom. The highest BCUT2D eigenvalue weighted by molar-refractivity contribution is 5.76. The van der Waals surface area contributed by atoms with Crippen LogP contribution >= 0.6 is 0 Å². The molecule has 0 aliphatic carbocycles. The molecule has 1 amide bonds. The molecule has 0 spiro atoms. The van der Waals surface area contributed by atoms with Gasteiger partial charge in [0, 0.05) is 44.8 Å². The average Bonchev–Trinajstić information content (AvgIpc) is 2.70. The molecule has 3 rings (SSSR count). The Bertz CT molecular complexity index is 680. The summed E-state index contributed by atoms with van der Waals surface area (Å²) in [4.78, 5) is 16.6. The first kappa shape index (κ1) is 18.3. The Hall–Kier alpha value is -2.53. The molecule has 0 unspecified atom stereocenters. The topological polar surface area (TPSA) is 44.8 Å². The van der Waals surface area contributed by atoms with E-state index in [1.165, 1.54) is 0 Å². The normalized spacial score (nSPS) is 14.9. The second-order valence-corrected chi connectivity index (χ2v) is 6.43. The molecule has 2 aromatic rings. The molecular weight excluding hydrogens is 326 g/mol. The molecule has 1 N–H and O–H groups in total. The first-order chi connectivity index (χ1) is 12.7. The van der Waals surface area contributed by atoms with E-state index in [9.17, 15) is 4.79 Å². The summed E-state index contributed by atoms with van der Waals surface area (Å²) in [6, 6.07) is 17.5. The van der Waals surface area contributed by atoms with Crippen LogP contribution < -0.4 is 10.1 Å². The van der Waals surface area contributed by atoms with Gasteiger partial charge in [-0.1, -0.05) is 25.1 Å². The van der Waals surface area contributed by atoms with Crippen molar-refractivity contribution < 1.29 is 9.53 Å². The number of hydrogen-bond acceptors (Lipinski definition) is 4. The summed E-state index contributed by atoms with van der Waals surface area (Å²) >= 11 is 0. The Kier molecular flexibility index (Phi) is 6.50. The lowest BCUT2D eigenvalue weighted by molar-refractivity contribution is -0.132. The number of rotatable bonds is 7. The Balaban J connectivity index is 1.40. The fourth-order valence-corrected chi connectivity index (χ4v) is 3.05. The van der Waals surface area contributed by atoms with E-state index in [0.717, 1.165) is 49.9 Å². The van der Waals surface area contributed by atoms with Crippen LogP contribution in [0.15, 0.2) is 54.6 Å². The van der Waals surface area contributed by atoms with Gasteiger partial charge in [0.25, 0.3) is 0 Å². The number of nitrogens with zero attached hydrogens (tertiary/aromatic N) is 2. The lowest BCUT2D eigenvalue weighted by atomic mass is 10.2. The molecule has 2 aromatic carbocycles. The van der Waals surface area contributed by atoms with E-state index in [4.69, 9.17) is 4.74 Å². The Labute approximate surface area is 155 Å². The van der Waals surface area contributed by atoms with Crippen molar-refractivity contribution in [3.05, 3.63) is 54.6 Å². The Morgan fingerprint density at radius 3 is 2.27 bits per heavy atom. The zero-order chi connectivity index (χ0) is 18.2. The molecule has 0 atom stereocenters. The van der Waals surface area contributed by atoms with Crippen molar-refractivity contribution >= 4 is 11.6 Å². The van der Waals surface area contributed by atoms with Crippen LogP contribution in [-0.2, 0) is 4.79 Å². The SMILES string of the molecule is CCN1CCN(C(=O)CCNc2ccc(Oc3ccccc3)cc2)CC1. The zero-order valence-corrected chi connectivity index (χ0v) is 15.4. The predicted octanol–water partition coefficient (Wildman–Crippen LogP) is 3.45. The molecule has 1 aliphatic rings. The van der Waals surface area contributed by atoms with Crippen LogP contribution in [0.2, 0.25) is 0 Å². The van der Waals surface area contributed by atoms with Crippen LogP contribution in [-0.4, -0.2) is 55.0 Å². The zero-order valence-electron chi connectivity index (χ0n) is 15.4. The van der Waals surface area contributed by atoms with E-state index in [0.29, 0.717) is 13.0 Å². The van der Waals surface area contributed by atoms with E-state index >= 15 is 0 Å². The fraction of sp³-hybridized carbons (Fsp3) is 0.381. The number of likely N-dealkylation sites (N-methyl/N-ethyl adjacent to an activating group) is 1. The summed E-state index contributed by atoms with van der Waals surface area (Å²) < 4.78 is 5.78. The summed E-state index contributed by atoms with van der Waals surface area (Å²) in [7, 11) is 0. The maximum atomic E-state index is 12.3. The number of piperazine rings is 1. The van der Waals surface area contributed by atoms with Gasteiger partial charge >= 0.3 is 0 Å². The number of nitrogens with one attached hydrogen (secondary N) is 1. The molecule has 1 aliphatic heterocycles. The van der Waals surface area contributed by atoms with Gasteiger partial charge < -0.3 is 19.9 Å². The number of carbonyl (C=O) groups excluding carboxylic acids is 1. The minimum Gasteiger partial charge on any atom is -0.457 e.